The van der Waals surface area contributed by atoms with Crippen molar-refractivity contribution in [1.82, 2.24) is 0 Å². The van der Waals surface area contributed by atoms with Crippen LogP contribution in [-0.4, -0.2) is 16.2 Å². The Balaban J connectivity index is 2.11. The number of Topliss-reactive ketones (excluding diaryl/α,β-unsaturated/α-hetero) is 1. The van der Waals surface area contributed by atoms with Crippen molar-refractivity contribution in [2.24, 2.45) is 0 Å². The molecule has 0 spiro atoms. The third-order valence-electron chi connectivity index (χ3n) is 3.42. The second-order valence-corrected chi connectivity index (χ2v) is 4.54. The average Bonchev–Trinajstić information content (AvgIpc) is 2.72. The highest BCUT2D eigenvalue weighted by Gasteiger charge is 2.35. The van der Waals surface area contributed by atoms with Gasteiger partial charge >= 0.3 is 0 Å². The van der Waals surface area contributed by atoms with Crippen LogP contribution >= 0.6 is 0 Å². The van der Waals surface area contributed by atoms with E-state index in [1.807, 2.05) is 24.3 Å². The Morgan fingerprint density at radius 2 is 1.74 bits per heavy atom. The van der Waals surface area contributed by atoms with E-state index < -0.39 is 0 Å². The van der Waals surface area contributed by atoms with Crippen molar-refractivity contribution < 1.29 is 9.53 Å². The number of fused-ring (bicyclic) bond motifs is 1. The molecule has 0 bridgehead atoms. The Hall–Kier alpha value is -2.42. The first-order chi connectivity index (χ1) is 9.22. The summed E-state index contributed by atoms with van der Waals surface area (Å²) >= 11 is 0. The van der Waals surface area contributed by atoms with Crippen LogP contribution in [0.4, 0.5) is 5.69 Å². The Morgan fingerprint density at radius 1 is 1.05 bits per heavy atom. The van der Waals surface area contributed by atoms with E-state index >= 15 is 0 Å². The molecule has 0 saturated heterocycles. The number of hydrogen-bond acceptors (Lipinski definition) is 2. The summed E-state index contributed by atoms with van der Waals surface area (Å²) in [6.45, 7) is 2.07. The third-order valence-corrected chi connectivity index (χ3v) is 3.42. The van der Waals surface area contributed by atoms with Gasteiger partial charge in [-0.15, -0.1) is 0 Å². The van der Waals surface area contributed by atoms with Crippen molar-refractivity contribution in [1.29, 1.82) is 0 Å². The Morgan fingerprint density at radius 3 is 2.37 bits per heavy atom. The number of carbonyl (C=O) groups excluding carboxylic acids is 1. The highest BCUT2D eigenvalue weighted by atomic mass is 16.5. The molecule has 1 heterocycles. The lowest BCUT2D eigenvalue weighted by atomic mass is 10.0. The van der Waals surface area contributed by atoms with Crippen molar-refractivity contribution in [2.45, 2.75) is 13.3 Å². The lowest BCUT2D eigenvalue weighted by molar-refractivity contribution is -0.355. The summed E-state index contributed by atoms with van der Waals surface area (Å²) in [5, 5.41) is 12.2. The van der Waals surface area contributed by atoms with Crippen molar-refractivity contribution >= 4 is 17.2 Å². The number of hydrogen-bond donors (Lipinski definition) is 0. The molecule has 0 unspecified atom stereocenters. The maximum absolute atomic E-state index is 12.3. The van der Waals surface area contributed by atoms with Gasteiger partial charge in [-0.3, -0.25) is 4.79 Å². The van der Waals surface area contributed by atoms with Gasteiger partial charge in [0.1, 0.15) is 5.56 Å². The van der Waals surface area contributed by atoms with Gasteiger partial charge in [-0.25, -0.2) is 0 Å². The molecule has 0 radical (unpaired) electrons. The topological polar surface area (TPSA) is 43.1 Å². The molecular formula is C16H13NO2. The van der Waals surface area contributed by atoms with Gasteiger partial charge in [0.05, 0.1) is 5.56 Å². The zero-order chi connectivity index (χ0) is 13.4. The number of aryl methyl sites for hydroxylation is 1. The molecule has 0 saturated carbocycles. The minimum atomic E-state index is -0.199. The maximum atomic E-state index is 12.3. The van der Waals surface area contributed by atoms with Gasteiger partial charge in [0.15, 0.2) is 0 Å². The van der Waals surface area contributed by atoms with Gasteiger partial charge in [0, 0.05) is 6.07 Å². The average molecular weight is 251 g/mol. The molecule has 2 aromatic carbocycles. The monoisotopic (exact) mass is 251 g/mol. The van der Waals surface area contributed by atoms with Gasteiger partial charge in [-0.2, -0.15) is 4.74 Å². The number of benzene rings is 2. The van der Waals surface area contributed by atoms with Crippen LogP contribution in [0, 0.1) is 5.21 Å². The van der Waals surface area contributed by atoms with Gasteiger partial charge in [0.2, 0.25) is 5.69 Å². The fourth-order valence-electron chi connectivity index (χ4n) is 2.33. The molecule has 0 atom stereocenters. The number of nitrogens with zero attached hydrogens (tertiary/aromatic N) is 1. The van der Waals surface area contributed by atoms with E-state index in [-0.39, 0.29) is 11.5 Å². The van der Waals surface area contributed by atoms with Crippen molar-refractivity contribution in [3.63, 3.8) is 0 Å². The van der Waals surface area contributed by atoms with E-state index in [0.717, 1.165) is 11.2 Å². The molecule has 0 aromatic heterocycles. The molecule has 1 aliphatic heterocycles. The standard InChI is InChI=1S/C16H13NO2/c1-2-11-7-9-12(10-8-11)15-16(18)13-5-3-4-6-14(13)17(15)19/h3-10H,2H2,1H3. The SMILES string of the molecule is CCc1ccc(C2=[N+]([O-])c3ccccc3C2=O)cc1. The van der Waals surface area contributed by atoms with Gasteiger partial charge in [-0.05, 0) is 30.2 Å². The molecule has 3 nitrogen and oxygen atoms in total. The highest BCUT2D eigenvalue weighted by Crippen LogP contribution is 2.27. The maximum Gasteiger partial charge on any atom is 0.272 e. The number of ketones is 1. The van der Waals surface area contributed by atoms with Crippen LogP contribution in [0.15, 0.2) is 48.5 Å². The smallest absolute Gasteiger partial charge is 0.272 e. The molecule has 3 rings (SSSR count). The summed E-state index contributed by atoms with van der Waals surface area (Å²) in [4.78, 5) is 12.3. The largest absolute Gasteiger partial charge is 0.618 e. The predicted octanol–water partition coefficient (Wildman–Crippen LogP) is 3.08. The lowest BCUT2D eigenvalue weighted by Gasteiger charge is -2.02. The van der Waals surface area contributed by atoms with Crippen LogP contribution in [-0.2, 0) is 6.42 Å². The molecule has 3 heteroatoms. The summed E-state index contributed by atoms with van der Waals surface area (Å²) < 4.78 is 0.735. The summed E-state index contributed by atoms with van der Waals surface area (Å²) in [7, 11) is 0. The minimum absolute atomic E-state index is 0.199. The highest BCUT2D eigenvalue weighted by molar-refractivity contribution is 6.52. The van der Waals surface area contributed by atoms with Crippen LogP contribution in [0.5, 0.6) is 0 Å². The quantitative estimate of drug-likeness (QED) is 0.608. The number of carbonyl (C=O) groups is 1. The van der Waals surface area contributed by atoms with Gasteiger partial charge < -0.3 is 5.21 Å². The van der Waals surface area contributed by atoms with E-state index in [2.05, 4.69) is 6.92 Å². The molecular weight excluding hydrogens is 238 g/mol. The lowest BCUT2D eigenvalue weighted by Crippen LogP contribution is -2.16. The predicted molar refractivity (Wildman–Crippen MR) is 74.0 cm³/mol. The zero-order valence-electron chi connectivity index (χ0n) is 10.6. The van der Waals surface area contributed by atoms with E-state index in [1.165, 1.54) is 5.56 Å². The van der Waals surface area contributed by atoms with Crippen LogP contribution in [0.2, 0.25) is 0 Å². The Kier molecular flexibility index (Phi) is 2.67. The molecule has 0 amide bonds. The van der Waals surface area contributed by atoms with E-state index in [4.69, 9.17) is 0 Å². The Bertz CT molecular complexity index is 684. The zero-order valence-corrected chi connectivity index (χ0v) is 10.6. The number of para-hydroxylation sites is 1. The van der Waals surface area contributed by atoms with E-state index in [0.29, 0.717) is 16.8 Å². The van der Waals surface area contributed by atoms with E-state index in [1.54, 1.807) is 24.3 Å². The minimum Gasteiger partial charge on any atom is -0.618 e. The van der Waals surface area contributed by atoms with E-state index in [9.17, 15) is 10.0 Å². The molecule has 94 valence electrons. The molecule has 19 heavy (non-hydrogen) atoms. The summed E-state index contributed by atoms with van der Waals surface area (Å²) in [5.41, 5.74) is 2.98. The molecule has 1 aliphatic rings. The summed E-state index contributed by atoms with van der Waals surface area (Å²) in [6.07, 6.45) is 0.935. The summed E-state index contributed by atoms with van der Waals surface area (Å²) in [6, 6.07) is 14.5. The van der Waals surface area contributed by atoms with Crippen molar-refractivity contribution in [3.05, 3.63) is 70.4 Å². The van der Waals surface area contributed by atoms with Crippen molar-refractivity contribution in [3.8, 4) is 0 Å². The normalized spacial score (nSPS) is 13.8. The molecule has 0 N–H and O–H groups in total. The first-order valence-corrected chi connectivity index (χ1v) is 6.29. The summed E-state index contributed by atoms with van der Waals surface area (Å²) in [5.74, 6) is -0.199. The second-order valence-electron chi connectivity index (χ2n) is 4.54. The second kappa shape index (κ2) is 4.35. The van der Waals surface area contributed by atoms with Crippen LogP contribution < -0.4 is 0 Å². The number of rotatable bonds is 2. The van der Waals surface area contributed by atoms with Gasteiger partial charge in [0.25, 0.3) is 11.5 Å². The van der Waals surface area contributed by atoms with Crippen molar-refractivity contribution in [2.75, 3.05) is 0 Å². The first kappa shape index (κ1) is 11.7. The fourth-order valence-corrected chi connectivity index (χ4v) is 2.33. The Labute approximate surface area is 111 Å². The molecule has 0 fully saturated rings. The molecule has 0 aliphatic carbocycles. The fraction of sp³-hybridized carbons (Fsp3) is 0.125. The first-order valence-electron chi connectivity index (χ1n) is 6.29. The third kappa shape index (κ3) is 1.74. The molecule has 2 aromatic rings. The van der Waals surface area contributed by atoms with Crippen LogP contribution in [0.25, 0.3) is 0 Å². The van der Waals surface area contributed by atoms with Gasteiger partial charge in [-0.1, -0.05) is 31.2 Å². The van der Waals surface area contributed by atoms with Crippen LogP contribution in [0.1, 0.15) is 28.4 Å². The van der Waals surface area contributed by atoms with Crippen LogP contribution in [0.3, 0.4) is 0 Å².